The number of rotatable bonds is 8. The molecule has 1 amide bonds. The monoisotopic (exact) mass is 498 g/mol. The van der Waals surface area contributed by atoms with Crippen molar-refractivity contribution in [2.24, 2.45) is 5.41 Å². The summed E-state index contributed by atoms with van der Waals surface area (Å²) in [6, 6.07) is 10.9. The summed E-state index contributed by atoms with van der Waals surface area (Å²) >= 11 is 7.19. The summed E-state index contributed by atoms with van der Waals surface area (Å²) in [7, 11) is 0. The summed E-state index contributed by atoms with van der Waals surface area (Å²) in [4.78, 5) is 17.2. The molecule has 1 aromatic carbocycles. The van der Waals surface area contributed by atoms with Gasteiger partial charge in [0.25, 0.3) is 5.91 Å². The molecule has 2 heterocycles. The van der Waals surface area contributed by atoms with E-state index in [9.17, 15) is 23.1 Å². The third-order valence-electron chi connectivity index (χ3n) is 5.24. The normalized spacial score (nSPS) is 14.7. The number of aromatic hydroxyl groups is 1. The number of carbonyl (C=O) groups is 1. The van der Waals surface area contributed by atoms with E-state index in [-0.39, 0.29) is 48.2 Å². The molecule has 1 aliphatic carbocycles. The van der Waals surface area contributed by atoms with Gasteiger partial charge in [0.05, 0.1) is 17.6 Å². The van der Waals surface area contributed by atoms with Crippen LogP contribution >= 0.6 is 23.5 Å². The molecule has 2 aromatic heterocycles. The summed E-state index contributed by atoms with van der Waals surface area (Å²) in [5, 5.41) is 13.6. The van der Waals surface area contributed by atoms with Crippen LogP contribution in [0.4, 0.5) is 13.2 Å². The van der Waals surface area contributed by atoms with Crippen LogP contribution in [-0.4, -0.2) is 38.6 Å². The fourth-order valence-corrected chi connectivity index (χ4v) is 4.00. The second kappa shape index (κ2) is 9.14. The van der Waals surface area contributed by atoms with Crippen LogP contribution < -0.4 is 9.46 Å². The lowest BCUT2D eigenvalue weighted by atomic mass is 10.0. The number of alkyl halides is 3. The van der Waals surface area contributed by atoms with Crippen LogP contribution in [0.5, 0.6) is 11.6 Å². The number of nitrogens with one attached hydrogen (secondary N) is 1. The van der Waals surface area contributed by atoms with Gasteiger partial charge in [-0.25, -0.2) is 9.67 Å². The van der Waals surface area contributed by atoms with E-state index in [1.165, 1.54) is 41.2 Å². The predicted molar refractivity (Wildman–Crippen MR) is 116 cm³/mol. The van der Waals surface area contributed by atoms with Gasteiger partial charge in [-0.05, 0) is 61.5 Å². The molecule has 1 aliphatic rings. The van der Waals surface area contributed by atoms with E-state index in [4.69, 9.17) is 16.3 Å². The molecule has 0 bridgehead atoms. The van der Waals surface area contributed by atoms with Crippen molar-refractivity contribution in [2.45, 2.75) is 30.3 Å². The zero-order valence-electron chi connectivity index (χ0n) is 17.0. The molecular formula is C21H18ClF3N4O3S. The Kier molecular flexibility index (Phi) is 6.44. The van der Waals surface area contributed by atoms with Crippen molar-refractivity contribution in [3.8, 4) is 17.4 Å². The van der Waals surface area contributed by atoms with E-state index >= 15 is 0 Å². The zero-order chi connectivity index (χ0) is 23.6. The molecule has 1 saturated carbocycles. The number of hydrogen-bond donors (Lipinski definition) is 2. The third-order valence-corrected chi connectivity index (χ3v) is 6.31. The molecule has 33 heavy (non-hydrogen) atoms. The summed E-state index contributed by atoms with van der Waals surface area (Å²) in [5.74, 6) is 0.0695. The summed E-state index contributed by atoms with van der Waals surface area (Å²) in [5.41, 5.74) is -1.49. The van der Waals surface area contributed by atoms with Crippen LogP contribution in [0, 0.1) is 5.41 Å². The van der Waals surface area contributed by atoms with Crippen LogP contribution in [0.3, 0.4) is 0 Å². The Balaban J connectivity index is 1.35. The highest BCUT2D eigenvalue weighted by Gasteiger charge is 2.62. The van der Waals surface area contributed by atoms with Gasteiger partial charge in [-0.15, -0.1) is 5.10 Å². The average Bonchev–Trinajstić information content (AvgIpc) is 3.42. The smallest absolute Gasteiger partial charge is 0.394 e. The Morgan fingerprint density at radius 3 is 2.73 bits per heavy atom. The molecule has 0 saturated heterocycles. The Hall–Kier alpha value is -2.92. The molecule has 0 spiro atoms. The first-order chi connectivity index (χ1) is 15.7. The number of amides is 1. The lowest BCUT2D eigenvalue weighted by molar-refractivity contribution is -0.190. The van der Waals surface area contributed by atoms with Crippen LogP contribution in [0.2, 0.25) is 5.15 Å². The number of pyridine rings is 1. The van der Waals surface area contributed by atoms with Gasteiger partial charge >= 0.3 is 6.18 Å². The van der Waals surface area contributed by atoms with E-state index < -0.39 is 17.5 Å². The fraction of sp³-hybridized carbons (Fsp3) is 0.286. The average molecular weight is 499 g/mol. The first kappa shape index (κ1) is 23.2. The number of halogens is 4. The van der Waals surface area contributed by atoms with Gasteiger partial charge in [0.15, 0.2) is 5.82 Å². The van der Waals surface area contributed by atoms with Gasteiger partial charge < -0.3 is 9.84 Å². The number of phenolic OH excluding ortho intramolecular Hbond substituents is 1. The van der Waals surface area contributed by atoms with Crippen molar-refractivity contribution in [3.05, 3.63) is 59.4 Å². The Bertz CT molecular complexity index is 1170. The lowest BCUT2D eigenvalue weighted by Gasteiger charge is -2.18. The number of carbonyl (C=O) groups excluding carboxylic acids is 1. The quantitative estimate of drug-likeness (QED) is 0.329. The summed E-state index contributed by atoms with van der Waals surface area (Å²) in [6.45, 7) is -0.0966. The highest BCUT2D eigenvalue weighted by Crippen LogP contribution is 2.59. The SMILES string of the molecule is O=C(NSc1cccc(O)c1)c1ccc(-n2ccc(OCCC3(C(F)(F)F)CC3)n2)nc1Cl. The van der Waals surface area contributed by atoms with E-state index in [1.54, 1.807) is 12.1 Å². The van der Waals surface area contributed by atoms with E-state index in [0.717, 1.165) is 11.9 Å². The molecule has 0 unspecified atom stereocenters. The van der Waals surface area contributed by atoms with E-state index in [0.29, 0.717) is 10.7 Å². The zero-order valence-corrected chi connectivity index (χ0v) is 18.5. The number of aromatic nitrogens is 3. The number of benzene rings is 1. The van der Waals surface area contributed by atoms with Crippen molar-refractivity contribution in [2.75, 3.05) is 6.61 Å². The first-order valence-electron chi connectivity index (χ1n) is 9.85. The minimum Gasteiger partial charge on any atom is -0.508 e. The van der Waals surface area contributed by atoms with Crippen LogP contribution in [0.25, 0.3) is 5.82 Å². The second-order valence-corrected chi connectivity index (χ2v) is 8.75. The summed E-state index contributed by atoms with van der Waals surface area (Å²) in [6.07, 6.45) is -2.54. The molecule has 0 aliphatic heterocycles. The molecular weight excluding hydrogens is 481 g/mol. The largest absolute Gasteiger partial charge is 0.508 e. The fourth-order valence-electron chi connectivity index (χ4n) is 3.12. The molecule has 3 aromatic rings. The van der Waals surface area contributed by atoms with Gasteiger partial charge in [0.2, 0.25) is 5.88 Å². The van der Waals surface area contributed by atoms with Gasteiger partial charge in [-0.2, -0.15) is 13.2 Å². The van der Waals surface area contributed by atoms with E-state index in [1.807, 2.05) is 0 Å². The highest BCUT2D eigenvalue weighted by molar-refractivity contribution is 7.98. The standard InChI is InChI=1S/C21H18ClF3N4O3S/c22-18-15(19(31)28-33-14-3-1-2-13(30)12-14)4-5-16(26-18)29-10-6-17(27-29)32-11-9-20(7-8-20)21(23,24)25/h1-6,10,12,30H,7-9,11H2,(H,28,31). The van der Waals surface area contributed by atoms with Crippen LogP contribution in [0.15, 0.2) is 53.6 Å². The van der Waals surface area contributed by atoms with Crippen LogP contribution in [0.1, 0.15) is 29.6 Å². The topological polar surface area (TPSA) is 89.3 Å². The second-order valence-electron chi connectivity index (χ2n) is 7.51. The van der Waals surface area contributed by atoms with Crippen molar-refractivity contribution >= 4 is 29.5 Å². The van der Waals surface area contributed by atoms with Gasteiger partial charge in [0, 0.05) is 17.2 Å². The highest BCUT2D eigenvalue weighted by atomic mass is 35.5. The number of phenols is 1. The number of nitrogens with zero attached hydrogens (tertiary/aromatic N) is 3. The molecule has 0 atom stereocenters. The molecule has 4 rings (SSSR count). The predicted octanol–water partition coefficient (Wildman–Crippen LogP) is 5.17. The lowest BCUT2D eigenvalue weighted by Crippen LogP contribution is -2.26. The Morgan fingerprint density at radius 2 is 2.06 bits per heavy atom. The molecule has 2 N–H and O–H groups in total. The maximum absolute atomic E-state index is 13.0. The maximum atomic E-state index is 13.0. The van der Waals surface area contributed by atoms with Crippen LogP contribution in [-0.2, 0) is 0 Å². The molecule has 1 fully saturated rings. The first-order valence-corrected chi connectivity index (χ1v) is 11.0. The maximum Gasteiger partial charge on any atom is 0.394 e. The van der Waals surface area contributed by atoms with Crippen molar-refractivity contribution in [1.82, 2.24) is 19.5 Å². The summed E-state index contributed by atoms with van der Waals surface area (Å²) < 4.78 is 48.3. The Labute approximate surface area is 196 Å². The number of hydrogen-bond acceptors (Lipinski definition) is 6. The number of ether oxygens (including phenoxy) is 1. The van der Waals surface area contributed by atoms with Gasteiger partial charge in [-0.3, -0.25) is 9.52 Å². The van der Waals surface area contributed by atoms with Crippen molar-refractivity contribution in [3.63, 3.8) is 0 Å². The van der Waals surface area contributed by atoms with Gasteiger partial charge in [0.1, 0.15) is 10.9 Å². The van der Waals surface area contributed by atoms with Crippen molar-refractivity contribution < 1.29 is 27.8 Å². The molecule has 174 valence electrons. The molecule has 12 heteroatoms. The van der Waals surface area contributed by atoms with Crippen molar-refractivity contribution in [1.29, 1.82) is 0 Å². The molecule has 0 radical (unpaired) electrons. The molecule has 7 nitrogen and oxygen atoms in total. The Morgan fingerprint density at radius 1 is 1.27 bits per heavy atom. The van der Waals surface area contributed by atoms with E-state index in [2.05, 4.69) is 14.8 Å². The minimum atomic E-state index is -4.22. The van der Waals surface area contributed by atoms with Gasteiger partial charge in [-0.1, -0.05) is 17.7 Å². The minimum absolute atomic E-state index is 0.0553. The third kappa shape index (κ3) is 5.36.